The Morgan fingerprint density at radius 3 is 2.65 bits per heavy atom. The number of nitrogens with zero attached hydrogens (tertiary/aromatic N) is 2. The molecule has 0 spiro atoms. The first kappa shape index (κ1) is 14.6. The van der Waals surface area contributed by atoms with Crippen molar-refractivity contribution >= 4 is 0 Å². The molecule has 3 heteroatoms. The van der Waals surface area contributed by atoms with Gasteiger partial charge >= 0.3 is 0 Å². The van der Waals surface area contributed by atoms with Crippen LogP contribution in [0.2, 0.25) is 0 Å². The summed E-state index contributed by atoms with van der Waals surface area (Å²) in [5.74, 6) is 1.88. The van der Waals surface area contributed by atoms with E-state index in [1.807, 2.05) is 42.2 Å². The minimum absolute atomic E-state index is 0.783. The number of aromatic nitrogens is 2. The van der Waals surface area contributed by atoms with E-state index in [2.05, 4.69) is 18.0 Å². The highest BCUT2D eigenvalue weighted by atomic mass is 16.5. The Hall–Kier alpha value is -1.77. The Morgan fingerprint density at radius 1 is 1.10 bits per heavy atom. The highest BCUT2D eigenvalue weighted by Gasteiger charge is 2.09. The molecule has 0 bridgehead atoms. The standard InChI is InChI=1S/C17H24N2O/c1-3-4-5-6-9-14-20-16-11-8-7-10-15(16)17-18-12-13-19(17)2/h7-8,10-13H,3-6,9,14H2,1-2H3. The van der Waals surface area contributed by atoms with Gasteiger partial charge in [0.2, 0.25) is 0 Å². The maximum Gasteiger partial charge on any atom is 0.143 e. The van der Waals surface area contributed by atoms with E-state index in [1.165, 1.54) is 25.7 Å². The summed E-state index contributed by atoms with van der Waals surface area (Å²) in [5, 5.41) is 0. The number of imidazole rings is 1. The fourth-order valence-electron chi connectivity index (χ4n) is 2.29. The number of unbranched alkanes of at least 4 members (excludes halogenated alkanes) is 4. The van der Waals surface area contributed by atoms with Gasteiger partial charge in [-0.05, 0) is 18.6 Å². The molecule has 2 rings (SSSR count). The Kier molecular flexibility index (Phi) is 5.66. The lowest BCUT2D eigenvalue weighted by atomic mass is 10.1. The van der Waals surface area contributed by atoms with Gasteiger partial charge in [-0.1, -0.05) is 44.7 Å². The summed E-state index contributed by atoms with van der Waals surface area (Å²) in [6, 6.07) is 8.13. The second kappa shape index (κ2) is 7.73. The third kappa shape index (κ3) is 3.86. The van der Waals surface area contributed by atoms with Crippen LogP contribution in [-0.2, 0) is 7.05 Å². The zero-order chi connectivity index (χ0) is 14.2. The van der Waals surface area contributed by atoms with Crippen LogP contribution in [-0.4, -0.2) is 16.2 Å². The van der Waals surface area contributed by atoms with Crippen molar-refractivity contribution in [2.24, 2.45) is 7.05 Å². The van der Waals surface area contributed by atoms with Crippen molar-refractivity contribution in [3.05, 3.63) is 36.7 Å². The van der Waals surface area contributed by atoms with Crippen LogP contribution in [0.15, 0.2) is 36.7 Å². The molecule has 1 aromatic carbocycles. The van der Waals surface area contributed by atoms with Crippen molar-refractivity contribution in [3.63, 3.8) is 0 Å². The maximum absolute atomic E-state index is 5.94. The van der Waals surface area contributed by atoms with Crippen LogP contribution in [0.25, 0.3) is 11.4 Å². The van der Waals surface area contributed by atoms with E-state index in [0.29, 0.717) is 0 Å². The van der Waals surface area contributed by atoms with E-state index in [4.69, 9.17) is 4.74 Å². The van der Waals surface area contributed by atoms with Crippen molar-refractivity contribution < 1.29 is 4.74 Å². The van der Waals surface area contributed by atoms with E-state index in [9.17, 15) is 0 Å². The van der Waals surface area contributed by atoms with E-state index >= 15 is 0 Å². The molecular weight excluding hydrogens is 248 g/mol. The maximum atomic E-state index is 5.94. The van der Waals surface area contributed by atoms with E-state index in [1.54, 1.807) is 0 Å². The van der Waals surface area contributed by atoms with Crippen LogP contribution in [0, 0.1) is 0 Å². The van der Waals surface area contributed by atoms with Crippen molar-refractivity contribution in [3.8, 4) is 17.1 Å². The van der Waals surface area contributed by atoms with Gasteiger partial charge < -0.3 is 9.30 Å². The Balaban J connectivity index is 1.94. The normalized spacial score (nSPS) is 10.7. The molecule has 0 amide bonds. The minimum Gasteiger partial charge on any atom is -0.493 e. The van der Waals surface area contributed by atoms with Crippen LogP contribution in [0.5, 0.6) is 5.75 Å². The second-order valence-electron chi connectivity index (χ2n) is 5.12. The first-order valence-corrected chi connectivity index (χ1v) is 7.52. The van der Waals surface area contributed by atoms with Gasteiger partial charge in [0, 0.05) is 19.4 Å². The molecule has 0 radical (unpaired) electrons. The topological polar surface area (TPSA) is 27.1 Å². The third-order valence-corrected chi connectivity index (χ3v) is 3.45. The fourth-order valence-corrected chi connectivity index (χ4v) is 2.29. The molecule has 0 aliphatic heterocycles. The SMILES string of the molecule is CCCCCCCOc1ccccc1-c1nccn1C. The summed E-state index contributed by atoms with van der Waals surface area (Å²) < 4.78 is 7.96. The van der Waals surface area contributed by atoms with Crippen LogP contribution in [0.1, 0.15) is 39.0 Å². The van der Waals surface area contributed by atoms with Crippen molar-refractivity contribution in [1.82, 2.24) is 9.55 Å². The number of rotatable bonds is 8. The Bertz CT molecular complexity index is 519. The molecule has 0 saturated heterocycles. The highest BCUT2D eigenvalue weighted by Crippen LogP contribution is 2.28. The molecule has 0 atom stereocenters. The summed E-state index contributed by atoms with van der Waals surface area (Å²) in [6.45, 7) is 3.02. The van der Waals surface area contributed by atoms with Gasteiger partial charge in [0.05, 0.1) is 12.2 Å². The number of para-hydroxylation sites is 1. The fraction of sp³-hybridized carbons (Fsp3) is 0.471. The number of hydrogen-bond donors (Lipinski definition) is 0. The summed E-state index contributed by atoms with van der Waals surface area (Å²) in [6.07, 6.45) is 10.1. The van der Waals surface area contributed by atoms with E-state index in [-0.39, 0.29) is 0 Å². The molecule has 0 N–H and O–H groups in total. The van der Waals surface area contributed by atoms with Gasteiger partial charge in [0.1, 0.15) is 11.6 Å². The molecule has 0 saturated carbocycles. The second-order valence-corrected chi connectivity index (χ2v) is 5.12. The molecule has 20 heavy (non-hydrogen) atoms. The molecule has 108 valence electrons. The van der Waals surface area contributed by atoms with Crippen LogP contribution >= 0.6 is 0 Å². The van der Waals surface area contributed by atoms with Gasteiger partial charge in [0.15, 0.2) is 0 Å². The molecular formula is C17H24N2O. The van der Waals surface area contributed by atoms with E-state index in [0.717, 1.165) is 30.2 Å². The largest absolute Gasteiger partial charge is 0.493 e. The molecule has 1 heterocycles. The quantitative estimate of drug-likeness (QED) is 0.664. The molecule has 0 fully saturated rings. The molecule has 1 aromatic heterocycles. The zero-order valence-electron chi connectivity index (χ0n) is 12.5. The smallest absolute Gasteiger partial charge is 0.143 e. The number of ether oxygens (including phenoxy) is 1. The van der Waals surface area contributed by atoms with Crippen LogP contribution < -0.4 is 4.74 Å². The minimum atomic E-state index is 0.783. The lowest BCUT2D eigenvalue weighted by molar-refractivity contribution is 0.305. The summed E-state index contributed by atoms with van der Waals surface area (Å²) in [4.78, 5) is 4.40. The molecule has 3 nitrogen and oxygen atoms in total. The molecule has 0 aliphatic rings. The predicted molar refractivity (Wildman–Crippen MR) is 82.9 cm³/mol. The summed E-state index contributed by atoms with van der Waals surface area (Å²) in [5.41, 5.74) is 1.06. The van der Waals surface area contributed by atoms with Crippen LogP contribution in [0.3, 0.4) is 0 Å². The first-order valence-electron chi connectivity index (χ1n) is 7.52. The lowest BCUT2D eigenvalue weighted by Crippen LogP contribution is -2.00. The van der Waals surface area contributed by atoms with Gasteiger partial charge in [-0.25, -0.2) is 4.98 Å². The molecule has 0 aliphatic carbocycles. The third-order valence-electron chi connectivity index (χ3n) is 3.45. The molecule has 0 unspecified atom stereocenters. The van der Waals surface area contributed by atoms with Crippen molar-refractivity contribution in [1.29, 1.82) is 0 Å². The van der Waals surface area contributed by atoms with Crippen molar-refractivity contribution in [2.45, 2.75) is 39.0 Å². The highest BCUT2D eigenvalue weighted by molar-refractivity contribution is 5.64. The number of benzene rings is 1. The monoisotopic (exact) mass is 272 g/mol. The van der Waals surface area contributed by atoms with Crippen molar-refractivity contribution in [2.75, 3.05) is 6.61 Å². The van der Waals surface area contributed by atoms with Gasteiger partial charge in [-0.3, -0.25) is 0 Å². The Labute approximate surface area is 121 Å². The number of aryl methyl sites for hydroxylation is 1. The molecule has 2 aromatic rings. The summed E-state index contributed by atoms with van der Waals surface area (Å²) in [7, 11) is 2.00. The average molecular weight is 272 g/mol. The lowest BCUT2D eigenvalue weighted by Gasteiger charge is -2.11. The van der Waals surface area contributed by atoms with Gasteiger partial charge in [0.25, 0.3) is 0 Å². The number of hydrogen-bond acceptors (Lipinski definition) is 2. The zero-order valence-corrected chi connectivity index (χ0v) is 12.5. The van der Waals surface area contributed by atoms with E-state index < -0.39 is 0 Å². The first-order chi connectivity index (χ1) is 9.83. The summed E-state index contributed by atoms with van der Waals surface area (Å²) >= 11 is 0. The predicted octanol–water partition coefficient (Wildman–Crippen LogP) is 4.44. The van der Waals surface area contributed by atoms with Gasteiger partial charge in [-0.15, -0.1) is 0 Å². The Morgan fingerprint density at radius 2 is 1.90 bits per heavy atom. The average Bonchev–Trinajstić information content (AvgIpc) is 2.89. The van der Waals surface area contributed by atoms with Gasteiger partial charge in [-0.2, -0.15) is 0 Å². The van der Waals surface area contributed by atoms with Crippen LogP contribution in [0.4, 0.5) is 0 Å².